The molecule has 0 spiro atoms. The lowest BCUT2D eigenvalue weighted by Crippen LogP contribution is -2.04. The number of ketones is 2. The largest absolute Gasteiger partial charge is 0.288 e. The maximum absolute atomic E-state index is 13.3. The molecule has 0 fully saturated rings. The van der Waals surface area contributed by atoms with Gasteiger partial charge in [0.25, 0.3) is 0 Å². The van der Waals surface area contributed by atoms with Crippen LogP contribution in [0.1, 0.15) is 26.5 Å². The Morgan fingerprint density at radius 3 is 2.14 bits per heavy atom. The van der Waals surface area contributed by atoms with Crippen molar-refractivity contribution in [3.63, 3.8) is 0 Å². The predicted octanol–water partition coefficient (Wildman–Crippen LogP) is 6.16. The van der Waals surface area contributed by atoms with Gasteiger partial charge in [-0.2, -0.15) is 0 Å². The van der Waals surface area contributed by atoms with Crippen molar-refractivity contribution in [3.8, 4) is 16.3 Å². The number of allylic oxidation sites excluding steroid dienone is 1. The number of fused-ring (bicyclic) bond motifs is 3. The second kappa shape index (κ2) is 7.90. The summed E-state index contributed by atoms with van der Waals surface area (Å²) in [4.78, 5) is 41.3. The van der Waals surface area contributed by atoms with Gasteiger partial charge in [-0.1, -0.05) is 53.8 Å². The molecular weight excluding hydrogens is 468 g/mol. The average Bonchev–Trinajstić information content (AvgIpc) is 3.55. The summed E-state index contributed by atoms with van der Waals surface area (Å²) < 4.78 is 1.89. The summed E-state index contributed by atoms with van der Waals surface area (Å²) in [6.07, 6.45) is 5.09. The van der Waals surface area contributed by atoms with Gasteiger partial charge < -0.3 is 0 Å². The number of nitrogens with zero attached hydrogens (tertiary/aromatic N) is 4. The van der Waals surface area contributed by atoms with E-state index in [0.29, 0.717) is 27.4 Å². The number of hydrogen-bond acceptors (Lipinski definition) is 6. The smallest absolute Gasteiger partial charge is 0.197 e. The van der Waals surface area contributed by atoms with Crippen LogP contribution in [0.5, 0.6) is 0 Å². The van der Waals surface area contributed by atoms with Gasteiger partial charge in [-0.25, -0.2) is 9.97 Å². The van der Waals surface area contributed by atoms with Crippen LogP contribution in [0.3, 0.4) is 0 Å². The third-order valence-corrected chi connectivity index (χ3v) is 7.30. The summed E-state index contributed by atoms with van der Waals surface area (Å²) in [6, 6.07) is 24.8. The lowest BCUT2D eigenvalue weighted by molar-refractivity contribution is 0.0990. The molecule has 3 aromatic heterocycles. The Labute approximate surface area is 209 Å². The Morgan fingerprint density at radius 2 is 1.47 bits per heavy atom. The molecule has 1 aliphatic rings. The molecule has 0 amide bonds. The van der Waals surface area contributed by atoms with E-state index >= 15 is 0 Å². The quantitative estimate of drug-likeness (QED) is 0.222. The molecule has 3 heterocycles. The Balaban J connectivity index is 1.40. The molecule has 36 heavy (non-hydrogen) atoms. The molecule has 3 aromatic carbocycles. The molecule has 0 N–H and O–H groups in total. The van der Waals surface area contributed by atoms with E-state index in [1.807, 2.05) is 71.3 Å². The Morgan fingerprint density at radius 1 is 0.778 bits per heavy atom. The molecule has 6 nitrogen and oxygen atoms in total. The van der Waals surface area contributed by atoms with Gasteiger partial charge in [0.05, 0.1) is 5.57 Å². The summed E-state index contributed by atoms with van der Waals surface area (Å²) in [5.74, 6) is -0.0757. The number of Topliss-reactive ketones (excluding diaryl/α,β-unsaturated/α-hetero) is 2. The van der Waals surface area contributed by atoms with Crippen molar-refractivity contribution < 1.29 is 9.59 Å². The number of rotatable bonds is 3. The number of para-hydroxylation sites is 1. The van der Waals surface area contributed by atoms with Gasteiger partial charge in [0.1, 0.15) is 10.8 Å². The molecule has 0 bridgehead atoms. The summed E-state index contributed by atoms with van der Waals surface area (Å²) >= 11 is 1.45. The van der Waals surface area contributed by atoms with Crippen LogP contribution >= 0.6 is 11.3 Å². The second-order valence-electron chi connectivity index (χ2n) is 8.49. The van der Waals surface area contributed by atoms with Gasteiger partial charge in [0.2, 0.25) is 0 Å². The fraction of sp³-hybridized carbons (Fsp3) is 0. The van der Waals surface area contributed by atoms with Crippen molar-refractivity contribution in [1.29, 1.82) is 0 Å². The minimum atomic E-state index is -0.282. The van der Waals surface area contributed by atoms with E-state index in [4.69, 9.17) is 9.97 Å². The lowest BCUT2D eigenvalue weighted by atomic mass is 10.0. The van der Waals surface area contributed by atoms with Gasteiger partial charge >= 0.3 is 0 Å². The van der Waals surface area contributed by atoms with E-state index in [2.05, 4.69) is 4.98 Å². The molecule has 7 heteroatoms. The van der Waals surface area contributed by atoms with Crippen LogP contribution in [0.2, 0.25) is 0 Å². The van der Waals surface area contributed by atoms with Gasteiger partial charge in [-0.3, -0.25) is 19.1 Å². The number of pyridine rings is 1. The molecule has 0 radical (unpaired) electrons. The fourth-order valence-corrected chi connectivity index (χ4v) is 5.52. The third kappa shape index (κ3) is 3.14. The van der Waals surface area contributed by atoms with Crippen LogP contribution in [0, 0.1) is 0 Å². The van der Waals surface area contributed by atoms with E-state index in [-0.39, 0.29) is 17.1 Å². The minimum absolute atomic E-state index is 0.114. The summed E-state index contributed by atoms with van der Waals surface area (Å²) in [5.41, 5.74) is 3.39. The highest BCUT2D eigenvalue weighted by molar-refractivity contribution is 7.21. The first-order valence-electron chi connectivity index (χ1n) is 11.4. The minimum Gasteiger partial charge on any atom is -0.288 e. The first kappa shape index (κ1) is 20.6. The Bertz CT molecular complexity index is 1810. The van der Waals surface area contributed by atoms with Gasteiger partial charge in [0, 0.05) is 34.8 Å². The van der Waals surface area contributed by atoms with Crippen LogP contribution < -0.4 is 0 Å². The van der Waals surface area contributed by atoms with Gasteiger partial charge in [0.15, 0.2) is 22.0 Å². The SMILES string of the molecule is O=C1C(=Cc2nc3sc(-c4cccnc4)nc3n2-c2ccccc2)C(=O)c2cc3ccccc3cc21. The van der Waals surface area contributed by atoms with Gasteiger partial charge in [-0.15, -0.1) is 0 Å². The first-order valence-corrected chi connectivity index (χ1v) is 12.2. The van der Waals surface area contributed by atoms with Crippen LogP contribution in [-0.2, 0) is 0 Å². The fourth-order valence-electron chi connectivity index (χ4n) is 4.60. The maximum Gasteiger partial charge on any atom is 0.197 e. The standard InChI is InChI=1S/C29H16N4O2S/c34-25-21-13-17-7-4-5-8-18(17)14-22(21)26(35)23(25)15-24-31-29-27(33(24)20-10-2-1-3-11-20)32-28(36-29)19-9-6-12-30-16-19/h1-16H. The van der Waals surface area contributed by atoms with Crippen molar-refractivity contribution >= 4 is 50.2 Å². The lowest BCUT2D eigenvalue weighted by Gasteiger charge is -2.06. The molecule has 170 valence electrons. The molecule has 0 unspecified atom stereocenters. The van der Waals surface area contributed by atoms with Crippen LogP contribution in [-0.4, -0.2) is 31.1 Å². The van der Waals surface area contributed by atoms with Crippen LogP contribution in [0.25, 0.3) is 43.6 Å². The molecule has 7 rings (SSSR count). The highest BCUT2D eigenvalue weighted by Crippen LogP contribution is 2.35. The number of hydrogen-bond donors (Lipinski definition) is 0. The van der Waals surface area contributed by atoms with Crippen molar-refractivity contribution in [2.75, 3.05) is 0 Å². The van der Waals surface area contributed by atoms with E-state index in [1.165, 1.54) is 11.3 Å². The topological polar surface area (TPSA) is 77.7 Å². The van der Waals surface area contributed by atoms with Crippen molar-refractivity contribution in [3.05, 3.63) is 114 Å². The van der Waals surface area contributed by atoms with Crippen molar-refractivity contribution in [2.24, 2.45) is 0 Å². The van der Waals surface area contributed by atoms with Gasteiger partial charge in [-0.05, 0) is 53.2 Å². The maximum atomic E-state index is 13.3. The predicted molar refractivity (Wildman–Crippen MR) is 141 cm³/mol. The third-order valence-electron chi connectivity index (χ3n) is 6.31. The molecule has 6 aromatic rings. The number of aromatic nitrogens is 4. The molecular formula is C29H16N4O2S. The van der Waals surface area contributed by atoms with Crippen LogP contribution in [0.15, 0.2) is 96.8 Å². The zero-order chi connectivity index (χ0) is 24.2. The first-order chi connectivity index (χ1) is 17.7. The number of imidazole rings is 1. The summed E-state index contributed by atoms with van der Waals surface area (Å²) in [6.45, 7) is 0. The zero-order valence-corrected chi connectivity index (χ0v) is 19.6. The number of carbonyl (C=O) groups is 2. The monoisotopic (exact) mass is 484 g/mol. The number of thiazole rings is 1. The molecule has 0 saturated carbocycles. The van der Waals surface area contributed by atoms with Crippen molar-refractivity contribution in [2.45, 2.75) is 0 Å². The summed E-state index contributed by atoms with van der Waals surface area (Å²) in [5, 5.41) is 2.66. The van der Waals surface area contributed by atoms with E-state index in [1.54, 1.807) is 30.6 Å². The number of carbonyl (C=O) groups excluding carboxylic acids is 2. The Hall–Kier alpha value is -4.75. The highest BCUT2D eigenvalue weighted by atomic mass is 32.1. The molecule has 0 atom stereocenters. The van der Waals surface area contributed by atoms with Crippen LogP contribution in [0.4, 0.5) is 0 Å². The zero-order valence-electron chi connectivity index (χ0n) is 18.8. The molecule has 0 aliphatic heterocycles. The Kier molecular flexibility index (Phi) is 4.52. The highest BCUT2D eigenvalue weighted by Gasteiger charge is 2.34. The average molecular weight is 485 g/mol. The second-order valence-corrected chi connectivity index (χ2v) is 9.47. The normalized spacial score (nSPS) is 13.1. The molecule has 1 aliphatic carbocycles. The molecule has 0 saturated heterocycles. The number of benzene rings is 3. The van der Waals surface area contributed by atoms with E-state index in [9.17, 15) is 9.59 Å². The summed E-state index contributed by atoms with van der Waals surface area (Å²) in [7, 11) is 0. The van der Waals surface area contributed by atoms with E-state index in [0.717, 1.165) is 27.0 Å². The van der Waals surface area contributed by atoms with Crippen molar-refractivity contribution in [1.82, 2.24) is 19.5 Å². The van der Waals surface area contributed by atoms with E-state index < -0.39 is 0 Å².